The molecule has 2 heteroatoms. The van der Waals surface area contributed by atoms with Crippen molar-refractivity contribution in [2.75, 3.05) is 0 Å². The summed E-state index contributed by atoms with van der Waals surface area (Å²) in [4.78, 5) is 0. The summed E-state index contributed by atoms with van der Waals surface area (Å²) in [5.41, 5.74) is 0.604. The molecule has 2 N–H and O–H groups in total. The number of aliphatic hydroxyl groups excluding tert-OH is 1. The van der Waals surface area contributed by atoms with Crippen LogP contribution >= 0.6 is 0 Å². The summed E-state index contributed by atoms with van der Waals surface area (Å²) in [6, 6.07) is 19.5. The maximum Gasteiger partial charge on any atom is 0.120 e. The average Bonchev–Trinajstić information content (AvgIpc) is 2.56. The molecule has 21 heavy (non-hydrogen) atoms. The van der Waals surface area contributed by atoms with E-state index in [4.69, 9.17) is 0 Å². The largest absolute Gasteiger partial charge is 0.393 e. The highest BCUT2D eigenvalue weighted by molar-refractivity contribution is 5.37. The summed E-state index contributed by atoms with van der Waals surface area (Å²) >= 11 is 0. The fourth-order valence-electron chi connectivity index (χ4n) is 3.58. The van der Waals surface area contributed by atoms with E-state index >= 15 is 0 Å². The maximum atomic E-state index is 11.6. The third kappa shape index (κ3) is 2.61. The zero-order chi connectivity index (χ0) is 14.7. The lowest BCUT2D eigenvalue weighted by Crippen LogP contribution is -2.44. The van der Waals surface area contributed by atoms with E-state index < -0.39 is 11.7 Å². The van der Waals surface area contributed by atoms with Crippen molar-refractivity contribution in [3.8, 4) is 0 Å². The standard InChI is InChI=1S/C19H22O2/c20-18-14-8-7-13-17(18)19(21,15-9-3-1-4-10-15)16-11-5-2-6-12-16/h1-6,9-12,17-18,20-21H,7-8,13-14H2/t17-,18?/m1/s1. The highest BCUT2D eigenvalue weighted by Crippen LogP contribution is 2.43. The Morgan fingerprint density at radius 1 is 0.762 bits per heavy atom. The van der Waals surface area contributed by atoms with E-state index in [0.29, 0.717) is 0 Å². The Bertz CT molecular complexity index is 525. The predicted molar refractivity (Wildman–Crippen MR) is 83.8 cm³/mol. The van der Waals surface area contributed by atoms with Crippen molar-refractivity contribution in [2.45, 2.75) is 37.4 Å². The van der Waals surface area contributed by atoms with Crippen molar-refractivity contribution in [3.05, 3.63) is 71.8 Å². The normalized spacial score (nSPS) is 23.0. The van der Waals surface area contributed by atoms with Crippen LogP contribution in [0.25, 0.3) is 0 Å². The molecule has 0 radical (unpaired) electrons. The van der Waals surface area contributed by atoms with E-state index in [9.17, 15) is 10.2 Å². The minimum absolute atomic E-state index is 0.156. The van der Waals surface area contributed by atoms with Crippen molar-refractivity contribution in [2.24, 2.45) is 5.92 Å². The molecule has 3 rings (SSSR count). The van der Waals surface area contributed by atoms with E-state index in [1.165, 1.54) is 0 Å². The average molecular weight is 282 g/mol. The number of rotatable bonds is 3. The summed E-state index contributed by atoms with van der Waals surface area (Å²) < 4.78 is 0. The molecule has 1 aliphatic rings. The molecule has 0 aromatic heterocycles. The van der Waals surface area contributed by atoms with Crippen molar-refractivity contribution in [1.29, 1.82) is 0 Å². The molecule has 0 heterocycles. The van der Waals surface area contributed by atoms with Crippen LogP contribution in [0.1, 0.15) is 36.8 Å². The Balaban J connectivity index is 2.11. The number of benzene rings is 2. The van der Waals surface area contributed by atoms with Crippen LogP contribution in [0.3, 0.4) is 0 Å². The minimum atomic E-state index is -1.12. The van der Waals surface area contributed by atoms with Gasteiger partial charge < -0.3 is 10.2 Å². The lowest BCUT2D eigenvalue weighted by atomic mass is 9.68. The molecule has 2 nitrogen and oxygen atoms in total. The Morgan fingerprint density at radius 2 is 1.24 bits per heavy atom. The number of hydrogen-bond acceptors (Lipinski definition) is 2. The SMILES string of the molecule is OC1CCCC[C@H]1C(O)(c1ccccc1)c1ccccc1. The van der Waals surface area contributed by atoms with Gasteiger partial charge in [-0.2, -0.15) is 0 Å². The van der Waals surface area contributed by atoms with Crippen LogP contribution in [0, 0.1) is 5.92 Å². The van der Waals surface area contributed by atoms with Crippen molar-refractivity contribution >= 4 is 0 Å². The highest BCUT2D eigenvalue weighted by Gasteiger charge is 2.44. The smallest absolute Gasteiger partial charge is 0.120 e. The summed E-state index contributed by atoms with van der Waals surface area (Å²) in [5.74, 6) is -0.156. The van der Waals surface area contributed by atoms with E-state index in [1.807, 2.05) is 60.7 Å². The molecular weight excluding hydrogens is 260 g/mol. The third-order valence-electron chi connectivity index (χ3n) is 4.69. The van der Waals surface area contributed by atoms with Gasteiger partial charge in [-0.1, -0.05) is 73.5 Å². The number of aliphatic hydroxyl groups is 2. The predicted octanol–water partition coefficient (Wildman–Crippen LogP) is 3.47. The Morgan fingerprint density at radius 3 is 1.71 bits per heavy atom. The fourth-order valence-corrected chi connectivity index (χ4v) is 3.58. The van der Waals surface area contributed by atoms with Gasteiger partial charge in [-0.05, 0) is 24.0 Å². The van der Waals surface area contributed by atoms with E-state index in [0.717, 1.165) is 36.8 Å². The molecule has 1 fully saturated rings. The second-order valence-electron chi connectivity index (χ2n) is 5.96. The zero-order valence-electron chi connectivity index (χ0n) is 12.2. The lowest BCUT2D eigenvalue weighted by Gasteiger charge is -2.42. The molecule has 1 unspecified atom stereocenters. The molecule has 1 saturated carbocycles. The van der Waals surface area contributed by atoms with Gasteiger partial charge in [0.2, 0.25) is 0 Å². The van der Waals surface area contributed by atoms with Gasteiger partial charge in [0.1, 0.15) is 5.60 Å². The van der Waals surface area contributed by atoms with Crippen molar-refractivity contribution in [1.82, 2.24) is 0 Å². The Kier molecular flexibility index (Phi) is 4.09. The topological polar surface area (TPSA) is 40.5 Å². The molecule has 0 bridgehead atoms. The first-order valence-electron chi connectivity index (χ1n) is 7.74. The Labute approximate surface area is 126 Å². The number of hydrogen-bond donors (Lipinski definition) is 2. The van der Waals surface area contributed by atoms with E-state index in [-0.39, 0.29) is 5.92 Å². The van der Waals surface area contributed by atoms with Gasteiger partial charge >= 0.3 is 0 Å². The quantitative estimate of drug-likeness (QED) is 0.905. The highest BCUT2D eigenvalue weighted by atomic mass is 16.3. The molecule has 2 aromatic carbocycles. The van der Waals surface area contributed by atoms with Crippen LogP contribution in [-0.4, -0.2) is 16.3 Å². The molecule has 0 spiro atoms. The summed E-state index contributed by atoms with van der Waals surface area (Å²) in [6.07, 6.45) is 3.26. The molecule has 110 valence electrons. The first-order valence-corrected chi connectivity index (χ1v) is 7.74. The van der Waals surface area contributed by atoms with Gasteiger partial charge in [-0.3, -0.25) is 0 Å². The zero-order valence-corrected chi connectivity index (χ0v) is 12.2. The fraction of sp³-hybridized carbons (Fsp3) is 0.368. The van der Waals surface area contributed by atoms with Gasteiger partial charge in [0.05, 0.1) is 6.10 Å². The summed E-state index contributed by atoms with van der Waals surface area (Å²) in [7, 11) is 0. The second kappa shape index (κ2) is 6.00. The van der Waals surface area contributed by atoms with E-state index in [2.05, 4.69) is 0 Å². The minimum Gasteiger partial charge on any atom is -0.393 e. The maximum absolute atomic E-state index is 11.6. The lowest BCUT2D eigenvalue weighted by molar-refractivity contribution is -0.0667. The van der Waals surface area contributed by atoms with Gasteiger partial charge in [0.15, 0.2) is 0 Å². The molecule has 0 saturated heterocycles. The van der Waals surface area contributed by atoms with Gasteiger partial charge in [0, 0.05) is 5.92 Å². The van der Waals surface area contributed by atoms with Crippen LogP contribution in [0.4, 0.5) is 0 Å². The van der Waals surface area contributed by atoms with Crippen LogP contribution in [-0.2, 0) is 5.60 Å². The van der Waals surface area contributed by atoms with Crippen LogP contribution in [0.5, 0.6) is 0 Å². The van der Waals surface area contributed by atoms with E-state index in [1.54, 1.807) is 0 Å². The Hall–Kier alpha value is -1.64. The van der Waals surface area contributed by atoms with Crippen LogP contribution in [0.15, 0.2) is 60.7 Å². The summed E-state index contributed by atoms with van der Waals surface area (Å²) in [5, 5.41) is 22.1. The van der Waals surface area contributed by atoms with Gasteiger partial charge in [-0.15, -0.1) is 0 Å². The summed E-state index contributed by atoms with van der Waals surface area (Å²) in [6.45, 7) is 0. The molecule has 2 atom stereocenters. The van der Waals surface area contributed by atoms with Gasteiger partial charge in [0.25, 0.3) is 0 Å². The molecule has 0 aliphatic heterocycles. The monoisotopic (exact) mass is 282 g/mol. The van der Waals surface area contributed by atoms with Gasteiger partial charge in [-0.25, -0.2) is 0 Å². The van der Waals surface area contributed by atoms with Crippen LogP contribution < -0.4 is 0 Å². The molecule has 0 amide bonds. The van der Waals surface area contributed by atoms with Crippen molar-refractivity contribution < 1.29 is 10.2 Å². The second-order valence-corrected chi connectivity index (χ2v) is 5.96. The molecule has 1 aliphatic carbocycles. The first kappa shape index (κ1) is 14.3. The van der Waals surface area contributed by atoms with Crippen LogP contribution in [0.2, 0.25) is 0 Å². The van der Waals surface area contributed by atoms with Crippen molar-refractivity contribution in [3.63, 3.8) is 0 Å². The first-order chi connectivity index (χ1) is 10.2. The molecule has 2 aromatic rings. The third-order valence-corrected chi connectivity index (χ3v) is 4.69. The molecular formula is C19H22O2.